The molecule has 3 aromatic rings. The Hall–Kier alpha value is -2.31. The van der Waals surface area contributed by atoms with Crippen LogP contribution in [0.25, 0.3) is 5.65 Å². The van der Waals surface area contributed by atoms with Gasteiger partial charge in [0.2, 0.25) is 0 Å². The minimum Gasteiger partial charge on any atom is -0.371 e. The van der Waals surface area contributed by atoms with E-state index >= 15 is 0 Å². The molecule has 4 rings (SSSR count). The van der Waals surface area contributed by atoms with Crippen molar-refractivity contribution in [3.05, 3.63) is 59.3 Å². The normalized spacial score (nSPS) is 19.0. The Morgan fingerprint density at radius 3 is 3.04 bits per heavy atom. The second-order valence-corrected chi connectivity index (χ2v) is 6.33. The molecule has 0 radical (unpaired) electrons. The Balaban J connectivity index is 1.55. The first-order valence-electron chi connectivity index (χ1n) is 8.25. The fourth-order valence-electron chi connectivity index (χ4n) is 3.28. The maximum atomic E-state index is 5.92. The maximum Gasteiger partial charge on any atom is 0.159 e. The van der Waals surface area contributed by atoms with E-state index in [1.165, 1.54) is 0 Å². The molecule has 1 fully saturated rings. The third kappa shape index (κ3) is 2.90. The van der Waals surface area contributed by atoms with Crippen molar-refractivity contribution in [3.63, 3.8) is 0 Å². The lowest BCUT2D eigenvalue weighted by Crippen LogP contribution is -2.37. The number of aryl methyl sites for hydroxylation is 2. The van der Waals surface area contributed by atoms with Crippen molar-refractivity contribution in [2.24, 2.45) is 0 Å². The number of morpholine rings is 1. The van der Waals surface area contributed by atoms with Crippen LogP contribution in [0.5, 0.6) is 0 Å². The lowest BCUT2D eigenvalue weighted by atomic mass is 10.1. The van der Waals surface area contributed by atoms with Gasteiger partial charge in [-0.25, -0.2) is 9.50 Å². The Labute approximate surface area is 141 Å². The summed E-state index contributed by atoms with van der Waals surface area (Å²) in [6, 6.07) is 6.08. The number of pyridine rings is 1. The van der Waals surface area contributed by atoms with E-state index in [9.17, 15) is 0 Å². The Morgan fingerprint density at radius 1 is 1.29 bits per heavy atom. The molecule has 0 N–H and O–H groups in total. The molecule has 0 aromatic carbocycles. The van der Waals surface area contributed by atoms with Crippen LogP contribution in [-0.4, -0.2) is 44.2 Å². The minimum absolute atomic E-state index is 0.0747. The molecule has 0 spiro atoms. The van der Waals surface area contributed by atoms with E-state index in [4.69, 9.17) is 4.74 Å². The van der Waals surface area contributed by atoms with Gasteiger partial charge in [-0.15, -0.1) is 0 Å². The first-order valence-corrected chi connectivity index (χ1v) is 8.25. The van der Waals surface area contributed by atoms with E-state index in [0.29, 0.717) is 0 Å². The zero-order valence-electron chi connectivity index (χ0n) is 14.0. The van der Waals surface area contributed by atoms with Crippen LogP contribution in [0.2, 0.25) is 0 Å². The molecule has 0 unspecified atom stereocenters. The predicted octanol–water partition coefficient (Wildman–Crippen LogP) is 2.31. The first kappa shape index (κ1) is 15.2. The molecular weight excluding hydrogens is 302 g/mol. The van der Waals surface area contributed by atoms with Gasteiger partial charge in [-0.3, -0.25) is 9.88 Å². The number of fused-ring (bicyclic) bond motifs is 1. The first-order chi connectivity index (χ1) is 11.7. The van der Waals surface area contributed by atoms with Gasteiger partial charge in [0.05, 0.1) is 18.9 Å². The molecule has 6 nitrogen and oxygen atoms in total. The Bertz CT molecular complexity index is 845. The summed E-state index contributed by atoms with van der Waals surface area (Å²) in [5, 5.41) is 4.49. The smallest absolute Gasteiger partial charge is 0.159 e. The lowest BCUT2D eigenvalue weighted by molar-refractivity contribution is -0.0329. The average molecular weight is 323 g/mol. The number of ether oxygens (including phenoxy) is 1. The summed E-state index contributed by atoms with van der Waals surface area (Å²) < 4.78 is 7.84. The van der Waals surface area contributed by atoms with Crippen LogP contribution in [0.3, 0.4) is 0 Å². The second-order valence-electron chi connectivity index (χ2n) is 6.33. The summed E-state index contributed by atoms with van der Waals surface area (Å²) in [4.78, 5) is 11.3. The molecule has 0 amide bonds. The molecule has 1 atom stereocenters. The van der Waals surface area contributed by atoms with E-state index in [1.807, 2.05) is 29.9 Å². The monoisotopic (exact) mass is 323 g/mol. The van der Waals surface area contributed by atoms with Crippen LogP contribution in [0.4, 0.5) is 0 Å². The Kier molecular flexibility index (Phi) is 4.00. The molecule has 1 aliphatic rings. The van der Waals surface area contributed by atoms with Gasteiger partial charge in [-0.05, 0) is 26.0 Å². The summed E-state index contributed by atoms with van der Waals surface area (Å²) in [6.45, 7) is 7.42. The zero-order valence-corrected chi connectivity index (χ0v) is 14.0. The molecule has 1 aliphatic heterocycles. The highest BCUT2D eigenvalue weighted by atomic mass is 16.5. The third-order valence-corrected chi connectivity index (χ3v) is 4.45. The van der Waals surface area contributed by atoms with Gasteiger partial charge >= 0.3 is 0 Å². The van der Waals surface area contributed by atoms with E-state index in [-0.39, 0.29) is 6.10 Å². The highest BCUT2D eigenvalue weighted by Crippen LogP contribution is 2.23. The van der Waals surface area contributed by atoms with Gasteiger partial charge < -0.3 is 4.74 Å². The molecular formula is C18H21N5O. The van der Waals surface area contributed by atoms with E-state index in [1.54, 1.807) is 6.20 Å². The number of rotatable bonds is 3. The summed E-state index contributed by atoms with van der Waals surface area (Å²) >= 11 is 0. The molecule has 1 saturated heterocycles. The molecule has 24 heavy (non-hydrogen) atoms. The van der Waals surface area contributed by atoms with Crippen molar-refractivity contribution in [1.82, 2.24) is 24.5 Å². The molecule has 4 heterocycles. The molecule has 6 heteroatoms. The predicted molar refractivity (Wildman–Crippen MR) is 90.7 cm³/mol. The van der Waals surface area contributed by atoms with E-state index < -0.39 is 0 Å². The van der Waals surface area contributed by atoms with E-state index in [0.717, 1.165) is 54.4 Å². The van der Waals surface area contributed by atoms with Crippen molar-refractivity contribution in [1.29, 1.82) is 0 Å². The van der Waals surface area contributed by atoms with Gasteiger partial charge in [0.25, 0.3) is 0 Å². The average Bonchev–Trinajstić information content (AvgIpc) is 2.99. The lowest BCUT2D eigenvalue weighted by Gasteiger charge is -2.32. The summed E-state index contributed by atoms with van der Waals surface area (Å²) in [6.07, 6.45) is 5.69. The number of aromatic nitrogens is 4. The second kappa shape index (κ2) is 6.30. The topological polar surface area (TPSA) is 55.5 Å². The highest BCUT2D eigenvalue weighted by Gasteiger charge is 2.23. The molecule has 3 aromatic heterocycles. The number of hydrogen-bond acceptors (Lipinski definition) is 5. The van der Waals surface area contributed by atoms with Gasteiger partial charge in [0.1, 0.15) is 0 Å². The van der Waals surface area contributed by atoms with Crippen molar-refractivity contribution in [2.45, 2.75) is 26.5 Å². The van der Waals surface area contributed by atoms with Crippen LogP contribution in [0.1, 0.15) is 28.6 Å². The van der Waals surface area contributed by atoms with Crippen molar-refractivity contribution in [3.8, 4) is 0 Å². The van der Waals surface area contributed by atoms with Gasteiger partial charge in [-0.1, -0.05) is 6.07 Å². The summed E-state index contributed by atoms with van der Waals surface area (Å²) in [7, 11) is 0. The molecule has 0 saturated carbocycles. The maximum absolute atomic E-state index is 5.92. The fourth-order valence-corrected chi connectivity index (χ4v) is 3.28. The fraction of sp³-hybridized carbons (Fsp3) is 0.389. The molecule has 0 aliphatic carbocycles. The molecule has 0 bridgehead atoms. The third-order valence-electron chi connectivity index (χ3n) is 4.45. The van der Waals surface area contributed by atoms with Gasteiger partial charge in [0, 0.05) is 54.5 Å². The van der Waals surface area contributed by atoms with Crippen molar-refractivity contribution < 1.29 is 4.74 Å². The number of nitrogens with zero attached hydrogens (tertiary/aromatic N) is 5. The van der Waals surface area contributed by atoms with Crippen molar-refractivity contribution >= 4 is 5.65 Å². The highest BCUT2D eigenvalue weighted by molar-refractivity contribution is 5.47. The van der Waals surface area contributed by atoms with Crippen molar-refractivity contribution in [2.75, 3.05) is 19.7 Å². The summed E-state index contributed by atoms with van der Waals surface area (Å²) in [5.74, 6) is 0. The quantitative estimate of drug-likeness (QED) is 0.740. The standard InChI is InChI=1S/C18H21N5O/c1-13-8-14(2)23-18(21-13)16(10-20-23)11-22-6-7-24-17(12-22)15-4-3-5-19-9-15/h3-5,8-10,17H,6-7,11-12H2,1-2H3/t17-/m0/s1. The summed E-state index contributed by atoms with van der Waals surface area (Å²) in [5.41, 5.74) is 5.38. The van der Waals surface area contributed by atoms with Gasteiger partial charge in [-0.2, -0.15) is 5.10 Å². The largest absolute Gasteiger partial charge is 0.371 e. The zero-order chi connectivity index (χ0) is 16.5. The van der Waals surface area contributed by atoms with Crippen LogP contribution in [-0.2, 0) is 11.3 Å². The Morgan fingerprint density at radius 2 is 2.21 bits per heavy atom. The van der Waals surface area contributed by atoms with Crippen LogP contribution in [0, 0.1) is 13.8 Å². The van der Waals surface area contributed by atoms with Gasteiger partial charge in [0.15, 0.2) is 5.65 Å². The van der Waals surface area contributed by atoms with Crippen LogP contribution < -0.4 is 0 Å². The van der Waals surface area contributed by atoms with E-state index in [2.05, 4.69) is 39.0 Å². The van der Waals surface area contributed by atoms with Crippen LogP contribution >= 0.6 is 0 Å². The minimum atomic E-state index is 0.0747. The molecule has 124 valence electrons. The number of hydrogen-bond donors (Lipinski definition) is 0. The SMILES string of the molecule is Cc1cc(C)n2ncc(CN3CCO[C@H](c4cccnc4)C3)c2n1. The van der Waals surface area contributed by atoms with Crippen LogP contribution in [0.15, 0.2) is 36.8 Å².